The molecule has 0 amide bonds. The fraction of sp³-hybridized carbons (Fsp3) is 0.500. The largest absolute Gasteiger partial charge is 0.324 e. The van der Waals surface area contributed by atoms with Gasteiger partial charge in [0.05, 0.1) is 0 Å². The second-order valence-corrected chi connectivity index (χ2v) is 4.54. The number of nitrogens with two attached hydrogens (primary N) is 1. The van der Waals surface area contributed by atoms with Crippen molar-refractivity contribution >= 4 is 11.6 Å². The summed E-state index contributed by atoms with van der Waals surface area (Å²) in [6.07, 6.45) is 4.85. The molecular formula is C12H16ClN. The smallest absolute Gasteiger partial charge is 0.0444 e. The van der Waals surface area contributed by atoms with Crippen LogP contribution in [0, 0.1) is 0 Å². The molecule has 0 spiro atoms. The van der Waals surface area contributed by atoms with Crippen LogP contribution < -0.4 is 5.73 Å². The first-order valence-corrected chi connectivity index (χ1v) is 5.63. The van der Waals surface area contributed by atoms with E-state index in [0.717, 1.165) is 23.4 Å². The van der Waals surface area contributed by atoms with Gasteiger partial charge in [0.2, 0.25) is 0 Å². The molecule has 1 aliphatic carbocycles. The Balaban J connectivity index is 2.46. The van der Waals surface area contributed by atoms with Crippen LogP contribution in [0.15, 0.2) is 12.1 Å². The highest BCUT2D eigenvalue weighted by Gasteiger charge is 2.14. The molecule has 1 aromatic rings. The van der Waals surface area contributed by atoms with E-state index in [1.54, 1.807) is 0 Å². The molecule has 1 atom stereocenters. The molecule has 0 saturated heterocycles. The van der Waals surface area contributed by atoms with Crippen LogP contribution in [0.2, 0.25) is 5.02 Å². The van der Waals surface area contributed by atoms with Gasteiger partial charge in [-0.05, 0) is 55.4 Å². The Bertz CT molecular complexity index is 344. The Hall–Kier alpha value is -0.530. The molecular weight excluding hydrogens is 194 g/mol. The lowest BCUT2D eigenvalue weighted by Gasteiger charge is -2.19. The van der Waals surface area contributed by atoms with E-state index in [4.69, 9.17) is 17.3 Å². The van der Waals surface area contributed by atoms with Crippen molar-refractivity contribution in [2.24, 2.45) is 5.73 Å². The van der Waals surface area contributed by atoms with Crippen LogP contribution in [-0.4, -0.2) is 0 Å². The first-order valence-electron chi connectivity index (χ1n) is 5.25. The van der Waals surface area contributed by atoms with Gasteiger partial charge in [0, 0.05) is 11.1 Å². The van der Waals surface area contributed by atoms with E-state index < -0.39 is 0 Å². The van der Waals surface area contributed by atoms with Gasteiger partial charge < -0.3 is 5.73 Å². The maximum atomic E-state index is 6.24. The summed E-state index contributed by atoms with van der Waals surface area (Å²) >= 11 is 6.24. The predicted octanol–water partition coefficient (Wildman–Crippen LogP) is 3.24. The fourth-order valence-electron chi connectivity index (χ4n) is 2.10. The predicted molar refractivity (Wildman–Crippen MR) is 60.7 cm³/mol. The lowest BCUT2D eigenvalue weighted by Crippen LogP contribution is -2.09. The van der Waals surface area contributed by atoms with Crippen molar-refractivity contribution in [3.8, 4) is 0 Å². The van der Waals surface area contributed by atoms with Gasteiger partial charge >= 0.3 is 0 Å². The second kappa shape index (κ2) is 3.92. The minimum atomic E-state index is 0.0831. The highest BCUT2D eigenvalue weighted by Crippen LogP contribution is 2.30. The molecule has 2 N–H and O–H groups in total. The van der Waals surface area contributed by atoms with Gasteiger partial charge in [-0.1, -0.05) is 17.7 Å². The summed E-state index contributed by atoms with van der Waals surface area (Å²) in [6, 6.07) is 4.33. The van der Waals surface area contributed by atoms with Gasteiger partial charge in [0.15, 0.2) is 0 Å². The molecule has 14 heavy (non-hydrogen) atoms. The monoisotopic (exact) mass is 209 g/mol. The lowest BCUT2D eigenvalue weighted by atomic mass is 9.89. The Labute approximate surface area is 90.3 Å². The normalized spacial score (nSPS) is 17.6. The van der Waals surface area contributed by atoms with Crippen molar-refractivity contribution in [3.05, 3.63) is 33.8 Å². The molecule has 0 aliphatic heterocycles. The van der Waals surface area contributed by atoms with E-state index in [1.165, 1.54) is 24.0 Å². The van der Waals surface area contributed by atoms with Crippen LogP contribution in [0.25, 0.3) is 0 Å². The van der Waals surface area contributed by atoms with Crippen LogP contribution in [0.3, 0.4) is 0 Å². The van der Waals surface area contributed by atoms with Gasteiger partial charge in [-0.25, -0.2) is 0 Å². The summed E-state index contributed by atoms with van der Waals surface area (Å²) in [5.74, 6) is 0. The Morgan fingerprint density at radius 3 is 2.71 bits per heavy atom. The lowest BCUT2D eigenvalue weighted by molar-refractivity contribution is 0.681. The van der Waals surface area contributed by atoms with E-state index in [0.29, 0.717) is 0 Å². The molecule has 1 nitrogen and oxygen atoms in total. The van der Waals surface area contributed by atoms with Crippen molar-refractivity contribution in [2.75, 3.05) is 0 Å². The van der Waals surface area contributed by atoms with E-state index in [9.17, 15) is 0 Å². The fourth-order valence-corrected chi connectivity index (χ4v) is 2.44. The Morgan fingerprint density at radius 2 is 2.00 bits per heavy atom. The first kappa shape index (κ1) is 10.0. The third kappa shape index (κ3) is 1.79. The zero-order valence-corrected chi connectivity index (χ0v) is 9.27. The third-order valence-electron chi connectivity index (χ3n) is 2.96. The number of fused-ring (bicyclic) bond motifs is 1. The SMILES string of the molecule is C[C@H](N)c1cc(Cl)c2c(c1)CCCC2. The summed E-state index contributed by atoms with van der Waals surface area (Å²) in [5.41, 5.74) is 9.78. The van der Waals surface area contributed by atoms with E-state index >= 15 is 0 Å². The molecule has 2 rings (SSSR count). The number of hydrogen-bond donors (Lipinski definition) is 1. The summed E-state index contributed by atoms with van der Waals surface area (Å²) < 4.78 is 0. The van der Waals surface area contributed by atoms with E-state index in [2.05, 4.69) is 6.07 Å². The van der Waals surface area contributed by atoms with Gasteiger partial charge in [0.25, 0.3) is 0 Å². The van der Waals surface area contributed by atoms with Crippen molar-refractivity contribution in [2.45, 2.75) is 38.6 Å². The number of halogens is 1. The minimum absolute atomic E-state index is 0.0831. The average Bonchev–Trinajstić information content (AvgIpc) is 2.17. The summed E-state index contributed by atoms with van der Waals surface area (Å²) in [7, 11) is 0. The molecule has 0 saturated carbocycles. The van der Waals surface area contributed by atoms with Crippen LogP contribution in [0.1, 0.15) is 42.5 Å². The van der Waals surface area contributed by atoms with Gasteiger partial charge in [-0.15, -0.1) is 0 Å². The van der Waals surface area contributed by atoms with Crippen LogP contribution >= 0.6 is 11.6 Å². The van der Waals surface area contributed by atoms with Gasteiger partial charge in [-0.3, -0.25) is 0 Å². The van der Waals surface area contributed by atoms with Gasteiger partial charge in [0.1, 0.15) is 0 Å². The number of hydrogen-bond acceptors (Lipinski definition) is 1. The van der Waals surface area contributed by atoms with Crippen molar-refractivity contribution in [1.82, 2.24) is 0 Å². The highest BCUT2D eigenvalue weighted by molar-refractivity contribution is 6.31. The van der Waals surface area contributed by atoms with Crippen LogP contribution in [0.5, 0.6) is 0 Å². The zero-order valence-electron chi connectivity index (χ0n) is 8.52. The van der Waals surface area contributed by atoms with Crippen molar-refractivity contribution < 1.29 is 0 Å². The first-order chi connectivity index (χ1) is 6.68. The summed E-state index contributed by atoms with van der Waals surface area (Å²) in [6.45, 7) is 2.00. The molecule has 0 heterocycles. The highest BCUT2D eigenvalue weighted by atomic mass is 35.5. The molecule has 2 heteroatoms. The molecule has 1 aromatic carbocycles. The minimum Gasteiger partial charge on any atom is -0.324 e. The summed E-state index contributed by atoms with van der Waals surface area (Å²) in [5, 5.41) is 0.912. The van der Waals surface area contributed by atoms with E-state index in [-0.39, 0.29) is 6.04 Å². The van der Waals surface area contributed by atoms with Crippen LogP contribution in [0.4, 0.5) is 0 Å². The zero-order chi connectivity index (χ0) is 10.1. The second-order valence-electron chi connectivity index (χ2n) is 4.14. The third-order valence-corrected chi connectivity index (χ3v) is 3.30. The maximum Gasteiger partial charge on any atom is 0.0444 e. The standard InChI is InChI=1S/C12H16ClN/c1-8(14)10-6-9-4-2-3-5-11(9)12(13)7-10/h6-8H,2-5,14H2,1H3/t8-/m0/s1. The molecule has 0 aromatic heterocycles. The number of benzene rings is 1. The maximum absolute atomic E-state index is 6.24. The molecule has 0 fully saturated rings. The molecule has 0 bridgehead atoms. The van der Waals surface area contributed by atoms with Gasteiger partial charge in [-0.2, -0.15) is 0 Å². The average molecular weight is 210 g/mol. The molecule has 0 radical (unpaired) electrons. The topological polar surface area (TPSA) is 26.0 Å². The Morgan fingerprint density at radius 1 is 1.29 bits per heavy atom. The van der Waals surface area contributed by atoms with E-state index in [1.807, 2.05) is 13.0 Å². The summed E-state index contributed by atoms with van der Waals surface area (Å²) in [4.78, 5) is 0. The number of aryl methyl sites for hydroxylation is 1. The van der Waals surface area contributed by atoms with Crippen LogP contribution in [-0.2, 0) is 12.8 Å². The quantitative estimate of drug-likeness (QED) is 0.755. The Kier molecular flexibility index (Phi) is 2.80. The molecule has 0 unspecified atom stereocenters. The van der Waals surface area contributed by atoms with Crippen molar-refractivity contribution in [3.63, 3.8) is 0 Å². The molecule has 1 aliphatic rings. The number of rotatable bonds is 1. The van der Waals surface area contributed by atoms with Crippen molar-refractivity contribution in [1.29, 1.82) is 0 Å². The molecule has 76 valence electrons.